The Kier molecular flexibility index (Phi) is 2.95. The van der Waals surface area contributed by atoms with Gasteiger partial charge in [0, 0.05) is 11.0 Å². The Labute approximate surface area is 93.1 Å². The molecule has 0 saturated carbocycles. The number of alkyl halides is 1. The van der Waals surface area contributed by atoms with E-state index >= 15 is 0 Å². The molecule has 0 amide bonds. The number of hydrogen-bond acceptors (Lipinski definition) is 5. The van der Waals surface area contributed by atoms with Crippen LogP contribution in [0, 0.1) is 20.2 Å². The number of hydrogen-bond donors (Lipinski definition) is 1. The van der Waals surface area contributed by atoms with Gasteiger partial charge in [0.2, 0.25) is 4.87 Å². The van der Waals surface area contributed by atoms with Crippen LogP contribution in [-0.2, 0) is 4.79 Å². The molecule has 1 aliphatic rings. The summed E-state index contributed by atoms with van der Waals surface area (Å²) in [7, 11) is 0. The van der Waals surface area contributed by atoms with E-state index in [2.05, 4.69) is 0 Å². The highest BCUT2D eigenvalue weighted by Gasteiger charge is 2.52. The highest BCUT2D eigenvalue weighted by molar-refractivity contribution is 6.36. The van der Waals surface area contributed by atoms with Crippen molar-refractivity contribution in [3.8, 4) is 0 Å². The van der Waals surface area contributed by atoms with Crippen LogP contribution < -0.4 is 0 Å². The Hall–Kier alpha value is -1.96. The number of nitro groups is 2. The van der Waals surface area contributed by atoms with Crippen molar-refractivity contribution >= 4 is 17.6 Å². The molecule has 9 heteroatoms. The summed E-state index contributed by atoms with van der Waals surface area (Å²) in [5.74, 6) is -1.63. The van der Waals surface area contributed by atoms with Crippen molar-refractivity contribution in [3.63, 3.8) is 0 Å². The molecule has 1 rings (SSSR count). The minimum absolute atomic E-state index is 0.556. The first-order chi connectivity index (χ1) is 7.29. The van der Waals surface area contributed by atoms with Crippen LogP contribution in [0.4, 0.5) is 0 Å². The third-order valence-electron chi connectivity index (χ3n) is 2.02. The fourth-order valence-corrected chi connectivity index (χ4v) is 1.38. The molecule has 86 valence electrons. The van der Waals surface area contributed by atoms with Crippen LogP contribution >= 0.6 is 11.6 Å². The number of allylic oxidation sites excluding steroid dienone is 1. The fraction of sp³-hybridized carbons (Fsp3) is 0.286. The molecular weight excluding hydrogens is 244 g/mol. The first kappa shape index (κ1) is 12.1. The summed E-state index contributed by atoms with van der Waals surface area (Å²) >= 11 is 5.55. The van der Waals surface area contributed by atoms with Crippen molar-refractivity contribution in [2.75, 3.05) is 0 Å². The van der Waals surface area contributed by atoms with Gasteiger partial charge in [0.1, 0.15) is 0 Å². The smallest absolute Gasteiger partial charge is 0.336 e. The Balaban J connectivity index is 3.22. The second-order valence-electron chi connectivity index (χ2n) is 2.99. The molecule has 0 heterocycles. The molecule has 2 atom stereocenters. The fourth-order valence-electron chi connectivity index (χ4n) is 1.18. The molecule has 0 aromatic rings. The largest absolute Gasteiger partial charge is 0.479 e. The molecule has 0 radical (unpaired) electrons. The van der Waals surface area contributed by atoms with Crippen molar-refractivity contribution in [1.29, 1.82) is 0 Å². The topological polar surface area (TPSA) is 124 Å². The second-order valence-corrected chi connectivity index (χ2v) is 3.61. The molecule has 2 unspecified atom stereocenters. The number of halogens is 1. The van der Waals surface area contributed by atoms with Gasteiger partial charge < -0.3 is 5.11 Å². The van der Waals surface area contributed by atoms with Gasteiger partial charge >= 0.3 is 5.97 Å². The number of carboxylic acid groups (broad SMARTS) is 1. The van der Waals surface area contributed by atoms with Gasteiger partial charge in [0.05, 0.1) is 11.0 Å². The van der Waals surface area contributed by atoms with Gasteiger partial charge in [-0.25, -0.2) is 4.79 Å². The van der Waals surface area contributed by atoms with E-state index in [0.717, 1.165) is 12.2 Å². The van der Waals surface area contributed by atoms with Crippen molar-refractivity contribution < 1.29 is 19.7 Å². The van der Waals surface area contributed by atoms with Crippen LogP contribution in [0.3, 0.4) is 0 Å². The molecule has 0 aliphatic heterocycles. The lowest BCUT2D eigenvalue weighted by molar-refractivity contribution is -0.514. The predicted molar refractivity (Wildman–Crippen MR) is 51.2 cm³/mol. The molecule has 0 spiro atoms. The molecule has 1 N–H and O–H groups in total. The van der Waals surface area contributed by atoms with E-state index in [4.69, 9.17) is 16.7 Å². The summed E-state index contributed by atoms with van der Waals surface area (Å²) in [5.41, 5.74) is -0.556. The van der Waals surface area contributed by atoms with Crippen LogP contribution in [0.25, 0.3) is 0 Å². The number of carboxylic acids is 1. The Morgan fingerprint density at radius 3 is 2.44 bits per heavy atom. The third-order valence-corrected chi connectivity index (χ3v) is 2.53. The van der Waals surface area contributed by atoms with Crippen LogP contribution in [0.15, 0.2) is 23.9 Å². The molecule has 0 saturated heterocycles. The summed E-state index contributed by atoms with van der Waals surface area (Å²) in [6, 6.07) is -1.88. The van der Waals surface area contributed by atoms with Crippen molar-refractivity contribution in [2.24, 2.45) is 0 Å². The number of carbonyl (C=O) groups is 1. The van der Waals surface area contributed by atoms with Gasteiger partial charge in [-0.15, -0.1) is 0 Å². The molecule has 0 aromatic carbocycles. The van der Waals surface area contributed by atoms with Gasteiger partial charge in [-0.2, -0.15) is 0 Å². The van der Waals surface area contributed by atoms with E-state index in [1.54, 1.807) is 0 Å². The lowest BCUT2D eigenvalue weighted by atomic mass is 9.93. The molecule has 8 nitrogen and oxygen atoms in total. The maximum Gasteiger partial charge on any atom is 0.336 e. The standard InChI is InChI=1S/C7H5ClN2O6/c8-7(6(11)12)2-1-4(9(13)14)3-5(7)10(15)16/h1-3,5H,(H,11,12). The van der Waals surface area contributed by atoms with Crippen LogP contribution in [-0.4, -0.2) is 31.8 Å². The maximum absolute atomic E-state index is 10.8. The van der Waals surface area contributed by atoms with E-state index in [1.165, 1.54) is 0 Å². The molecule has 0 bridgehead atoms. The van der Waals surface area contributed by atoms with Gasteiger partial charge in [-0.1, -0.05) is 11.6 Å². The van der Waals surface area contributed by atoms with Crippen molar-refractivity contribution in [1.82, 2.24) is 0 Å². The van der Waals surface area contributed by atoms with Crippen LogP contribution in [0.1, 0.15) is 0 Å². The molecule has 1 aliphatic carbocycles. The second kappa shape index (κ2) is 3.89. The van der Waals surface area contributed by atoms with Gasteiger partial charge in [0.25, 0.3) is 11.7 Å². The summed E-state index contributed by atoms with van der Waals surface area (Å²) < 4.78 is 0. The van der Waals surface area contributed by atoms with Gasteiger partial charge in [-0.3, -0.25) is 20.2 Å². The van der Waals surface area contributed by atoms with Gasteiger partial charge in [0.15, 0.2) is 0 Å². The highest BCUT2D eigenvalue weighted by Crippen LogP contribution is 2.30. The monoisotopic (exact) mass is 248 g/mol. The molecule has 0 aromatic heterocycles. The van der Waals surface area contributed by atoms with Crippen LogP contribution in [0.2, 0.25) is 0 Å². The van der Waals surface area contributed by atoms with E-state index in [-0.39, 0.29) is 0 Å². The third kappa shape index (κ3) is 1.87. The summed E-state index contributed by atoms with van der Waals surface area (Å²) in [4.78, 5) is 27.6. The predicted octanol–water partition coefficient (Wildman–Crippen LogP) is 0.424. The normalized spacial score (nSPS) is 28.3. The van der Waals surface area contributed by atoms with Crippen LogP contribution in [0.5, 0.6) is 0 Å². The quantitative estimate of drug-likeness (QED) is 0.439. The highest BCUT2D eigenvalue weighted by atomic mass is 35.5. The molecule has 0 fully saturated rings. The van der Waals surface area contributed by atoms with Gasteiger partial charge in [-0.05, 0) is 6.08 Å². The Morgan fingerprint density at radius 1 is 1.50 bits per heavy atom. The summed E-state index contributed by atoms with van der Waals surface area (Å²) in [6.07, 6.45) is 2.19. The Morgan fingerprint density at radius 2 is 2.06 bits per heavy atom. The molecular formula is C7H5ClN2O6. The number of aliphatic carboxylic acids is 1. The van der Waals surface area contributed by atoms with E-state index in [9.17, 15) is 25.0 Å². The minimum Gasteiger partial charge on any atom is -0.479 e. The minimum atomic E-state index is -2.29. The zero-order valence-corrected chi connectivity index (χ0v) is 8.33. The molecule has 16 heavy (non-hydrogen) atoms. The lowest BCUT2D eigenvalue weighted by Crippen LogP contribution is -2.47. The lowest BCUT2D eigenvalue weighted by Gasteiger charge is -2.21. The number of rotatable bonds is 3. The SMILES string of the molecule is O=C(O)C1(Cl)C=CC([N+](=O)[O-])=CC1[N+](=O)[O-]. The Bertz CT molecular complexity index is 431. The summed E-state index contributed by atoms with van der Waals surface area (Å²) in [6.45, 7) is 0. The average molecular weight is 249 g/mol. The van der Waals surface area contributed by atoms with E-state index in [0.29, 0.717) is 6.08 Å². The zero-order chi connectivity index (χ0) is 12.5. The first-order valence-corrected chi connectivity index (χ1v) is 4.28. The number of nitrogens with zero attached hydrogens (tertiary/aromatic N) is 2. The average Bonchev–Trinajstić information content (AvgIpc) is 2.17. The van der Waals surface area contributed by atoms with Crippen molar-refractivity contribution in [3.05, 3.63) is 44.2 Å². The maximum atomic E-state index is 10.8. The first-order valence-electron chi connectivity index (χ1n) is 3.90. The summed E-state index contributed by atoms with van der Waals surface area (Å²) in [5, 5.41) is 29.7. The van der Waals surface area contributed by atoms with E-state index in [1.807, 2.05) is 0 Å². The zero-order valence-electron chi connectivity index (χ0n) is 7.57. The van der Waals surface area contributed by atoms with Crippen molar-refractivity contribution in [2.45, 2.75) is 10.9 Å². The van der Waals surface area contributed by atoms with E-state index < -0.39 is 32.4 Å².